The summed E-state index contributed by atoms with van der Waals surface area (Å²) in [5, 5.41) is 0. The molecule has 2 aliphatic carbocycles. The molecule has 0 heterocycles. The van der Waals surface area contributed by atoms with Crippen molar-refractivity contribution >= 4 is 5.78 Å². The van der Waals surface area contributed by atoms with E-state index < -0.39 is 0 Å². The third-order valence-electron chi connectivity index (χ3n) is 3.29. The quantitative estimate of drug-likeness (QED) is 0.608. The Kier molecular flexibility index (Phi) is 2.40. The smallest absolute Gasteiger partial charge is 0.147 e. The van der Waals surface area contributed by atoms with Gasteiger partial charge in [0.1, 0.15) is 5.78 Å². The summed E-state index contributed by atoms with van der Waals surface area (Å²) in [6.07, 6.45) is 12.9. The highest BCUT2D eigenvalue weighted by atomic mass is 16.1. The Morgan fingerprint density at radius 1 is 1.50 bits per heavy atom. The summed E-state index contributed by atoms with van der Waals surface area (Å²) < 4.78 is 0. The number of ketones is 1. The lowest BCUT2D eigenvalue weighted by molar-refractivity contribution is -0.126. The van der Waals surface area contributed by atoms with Gasteiger partial charge in [0.15, 0.2) is 0 Å². The average molecular weight is 188 g/mol. The molecule has 1 fully saturated rings. The predicted octanol–water partition coefficient (Wildman–Crippen LogP) is 3.19. The van der Waals surface area contributed by atoms with E-state index in [4.69, 9.17) is 0 Å². The van der Waals surface area contributed by atoms with Crippen LogP contribution < -0.4 is 0 Å². The van der Waals surface area contributed by atoms with Crippen LogP contribution in [-0.2, 0) is 4.79 Å². The van der Waals surface area contributed by atoms with Gasteiger partial charge in [-0.25, -0.2) is 0 Å². The fourth-order valence-electron chi connectivity index (χ4n) is 2.57. The Morgan fingerprint density at radius 2 is 2.36 bits per heavy atom. The van der Waals surface area contributed by atoms with Crippen LogP contribution in [0.1, 0.15) is 32.1 Å². The van der Waals surface area contributed by atoms with Crippen molar-refractivity contribution in [1.29, 1.82) is 0 Å². The maximum Gasteiger partial charge on any atom is 0.147 e. The van der Waals surface area contributed by atoms with Gasteiger partial charge < -0.3 is 0 Å². The van der Waals surface area contributed by atoms with E-state index >= 15 is 0 Å². The molecule has 1 nitrogen and oxygen atoms in total. The van der Waals surface area contributed by atoms with Crippen LogP contribution in [0.2, 0.25) is 0 Å². The lowest BCUT2D eigenvalue weighted by Crippen LogP contribution is -2.35. The lowest BCUT2D eigenvalue weighted by Gasteiger charge is -2.37. The Bertz CT molecular complexity index is 322. The zero-order valence-corrected chi connectivity index (χ0v) is 8.46. The zero-order valence-electron chi connectivity index (χ0n) is 8.46. The standard InChI is InChI=1S/C13H16O/c1-2-9-13-10-4-3-6-11(13)7-5-8-12(13)14/h2,4,6,10H,1,3,5,7-9H2. The number of fused-ring (bicyclic) bond motifs is 1. The summed E-state index contributed by atoms with van der Waals surface area (Å²) in [4.78, 5) is 12.0. The highest BCUT2D eigenvalue weighted by Gasteiger charge is 2.40. The van der Waals surface area contributed by atoms with Gasteiger partial charge in [-0.1, -0.05) is 29.9 Å². The minimum Gasteiger partial charge on any atom is -0.298 e. The van der Waals surface area contributed by atoms with E-state index in [2.05, 4.69) is 24.8 Å². The molecule has 0 spiro atoms. The number of hydrogen-bond acceptors (Lipinski definition) is 1. The number of rotatable bonds is 2. The minimum atomic E-state index is -0.293. The van der Waals surface area contributed by atoms with E-state index in [0.717, 1.165) is 32.1 Å². The molecular formula is C13H16O. The molecule has 0 amide bonds. The van der Waals surface area contributed by atoms with Crippen LogP contribution in [0.25, 0.3) is 0 Å². The molecule has 0 N–H and O–H groups in total. The highest BCUT2D eigenvalue weighted by Crippen LogP contribution is 2.44. The third-order valence-corrected chi connectivity index (χ3v) is 3.29. The fourth-order valence-corrected chi connectivity index (χ4v) is 2.57. The van der Waals surface area contributed by atoms with Crippen molar-refractivity contribution in [1.82, 2.24) is 0 Å². The summed E-state index contributed by atoms with van der Waals surface area (Å²) in [7, 11) is 0. The second-order valence-electron chi connectivity index (χ2n) is 4.11. The Labute approximate surface area is 85.2 Å². The molecule has 1 atom stereocenters. The first-order valence-electron chi connectivity index (χ1n) is 5.31. The van der Waals surface area contributed by atoms with Crippen LogP contribution in [-0.4, -0.2) is 5.78 Å². The maximum absolute atomic E-state index is 12.0. The Balaban J connectivity index is 2.40. The van der Waals surface area contributed by atoms with Gasteiger partial charge in [0.05, 0.1) is 5.41 Å². The summed E-state index contributed by atoms with van der Waals surface area (Å²) in [5.74, 6) is 0.380. The van der Waals surface area contributed by atoms with E-state index in [-0.39, 0.29) is 5.41 Å². The predicted molar refractivity (Wildman–Crippen MR) is 57.9 cm³/mol. The largest absolute Gasteiger partial charge is 0.298 e. The van der Waals surface area contributed by atoms with Crippen LogP contribution in [0.4, 0.5) is 0 Å². The first-order chi connectivity index (χ1) is 6.79. The second kappa shape index (κ2) is 3.56. The fraction of sp³-hybridized carbons (Fsp3) is 0.462. The topological polar surface area (TPSA) is 17.1 Å². The van der Waals surface area contributed by atoms with Crippen molar-refractivity contribution in [2.24, 2.45) is 5.41 Å². The van der Waals surface area contributed by atoms with Crippen molar-refractivity contribution in [2.45, 2.75) is 32.1 Å². The molecule has 0 aliphatic heterocycles. The van der Waals surface area contributed by atoms with Gasteiger partial charge >= 0.3 is 0 Å². The van der Waals surface area contributed by atoms with Gasteiger partial charge in [0.25, 0.3) is 0 Å². The molecule has 1 heteroatoms. The molecule has 1 unspecified atom stereocenters. The third kappa shape index (κ3) is 1.28. The van der Waals surface area contributed by atoms with Crippen molar-refractivity contribution in [3.8, 4) is 0 Å². The van der Waals surface area contributed by atoms with Crippen molar-refractivity contribution in [3.63, 3.8) is 0 Å². The van der Waals surface area contributed by atoms with Crippen LogP contribution >= 0.6 is 0 Å². The van der Waals surface area contributed by atoms with Gasteiger partial charge in [-0.2, -0.15) is 0 Å². The molecule has 74 valence electrons. The summed E-state index contributed by atoms with van der Waals surface area (Å²) >= 11 is 0. The SMILES string of the molecule is C=CCC12C=CCC=C1CCCC2=O. The lowest BCUT2D eigenvalue weighted by atomic mass is 9.65. The van der Waals surface area contributed by atoms with E-state index in [1.54, 1.807) is 0 Å². The molecule has 0 bridgehead atoms. The van der Waals surface area contributed by atoms with Crippen LogP contribution in [0.3, 0.4) is 0 Å². The van der Waals surface area contributed by atoms with Crippen LogP contribution in [0.5, 0.6) is 0 Å². The number of carbonyl (C=O) groups excluding carboxylic acids is 1. The molecule has 0 radical (unpaired) electrons. The normalized spacial score (nSPS) is 30.9. The van der Waals surface area contributed by atoms with Gasteiger partial charge in [-0.3, -0.25) is 4.79 Å². The zero-order chi connectivity index (χ0) is 10.0. The van der Waals surface area contributed by atoms with E-state index in [1.807, 2.05) is 6.08 Å². The van der Waals surface area contributed by atoms with Gasteiger partial charge in [-0.05, 0) is 25.7 Å². The van der Waals surface area contributed by atoms with Crippen molar-refractivity contribution in [3.05, 3.63) is 36.5 Å². The number of allylic oxidation sites excluding steroid dienone is 5. The molecule has 0 aromatic heterocycles. The van der Waals surface area contributed by atoms with Gasteiger partial charge in [0, 0.05) is 6.42 Å². The van der Waals surface area contributed by atoms with E-state index in [1.165, 1.54) is 5.57 Å². The number of hydrogen-bond donors (Lipinski definition) is 0. The van der Waals surface area contributed by atoms with Crippen LogP contribution in [0, 0.1) is 5.41 Å². The average Bonchev–Trinajstić information content (AvgIpc) is 2.20. The molecule has 2 rings (SSSR count). The van der Waals surface area contributed by atoms with Crippen molar-refractivity contribution < 1.29 is 4.79 Å². The van der Waals surface area contributed by atoms with Gasteiger partial charge in [-0.15, -0.1) is 6.58 Å². The molecule has 0 aromatic rings. The first kappa shape index (κ1) is 9.45. The Hall–Kier alpha value is -1.11. The second-order valence-corrected chi connectivity index (χ2v) is 4.11. The maximum atomic E-state index is 12.0. The first-order valence-corrected chi connectivity index (χ1v) is 5.31. The summed E-state index contributed by atoms with van der Waals surface area (Å²) in [6, 6.07) is 0. The molecular weight excluding hydrogens is 172 g/mol. The highest BCUT2D eigenvalue weighted by molar-refractivity contribution is 5.91. The number of carbonyl (C=O) groups is 1. The minimum absolute atomic E-state index is 0.293. The molecule has 14 heavy (non-hydrogen) atoms. The van der Waals surface area contributed by atoms with Crippen LogP contribution in [0.15, 0.2) is 36.5 Å². The van der Waals surface area contributed by atoms with E-state index in [9.17, 15) is 4.79 Å². The Morgan fingerprint density at radius 3 is 3.14 bits per heavy atom. The van der Waals surface area contributed by atoms with Gasteiger partial charge in [0.2, 0.25) is 0 Å². The molecule has 2 aliphatic rings. The number of Topliss-reactive ketones (excluding diaryl/α,β-unsaturated/α-hetero) is 1. The molecule has 1 saturated carbocycles. The molecule has 0 saturated heterocycles. The monoisotopic (exact) mass is 188 g/mol. The summed E-state index contributed by atoms with van der Waals surface area (Å²) in [6.45, 7) is 3.76. The molecule has 0 aromatic carbocycles. The van der Waals surface area contributed by atoms with Crippen molar-refractivity contribution in [2.75, 3.05) is 0 Å². The van der Waals surface area contributed by atoms with E-state index in [0.29, 0.717) is 5.78 Å². The summed E-state index contributed by atoms with van der Waals surface area (Å²) in [5.41, 5.74) is 1.04.